The van der Waals surface area contributed by atoms with E-state index in [0.29, 0.717) is 0 Å². The molecular formula is C19H15F6N3O2. The average molecular weight is 431 g/mol. The van der Waals surface area contributed by atoms with Crippen molar-refractivity contribution in [3.63, 3.8) is 0 Å². The zero-order chi connectivity index (χ0) is 22.3. The van der Waals surface area contributed by atoms with Crippen LogP contribution < -0.4 is 16.2 Å². The summed E-state index contributed by atoms with van der Waals surface area (Å²) < 4.78 is 80.1. The molecule has 1 heterocycles. The van der Waals surface area contributed by atoms with E-state index in [2.05, 4.69) is 0 Å². The zero-order valence-electron chi connectivity index (χ0n) is 15.1. The Hall–Kier alpha value is -3.08. The molecule has 0 spiro atoms. The fourth-order valence-electron chi connectivity index (χ4n) is 3.38. The maximum absolute atomic E-state index is 13.5. The number of hydrogen-bond acceptors (Lipinski definition) is 3. The van der Waals surface area contributed by atoms with Gasteiger partial charge in [-0.3, -0.25) is 15.0 Å². The first-order valence-corrected chi connectivity index (χ1v) is 8.60. The Labute approximate surface area is 166 Å². The molecule has 2 aromatic rings. The Morgan fingerprint density at radius 3 is 2.37 bits per heavy atom. The van der Waals surface area contributed by atoms with E-state index < -0.39 is 48.6 Å². The van der Waals surface area contributed by atoms with Crippen molar-refractivity contribution in [2.75, 3.05) is 4.90 Å². The molecule has 0 aliphatic carbocycles. The highest BCUT2D eigenvalue weighted by molar-refractivity contribution is 6.10. The maximum atomic E-state index is 13.5. The van der Waals surface area contributed by atoms with Crippen LogP contribution in [0.15, 0.2) is 42.5 Å². The summed E-state index contributed by atoms with van der Waals surface area (Å²) in [5.74, 6) is 0.881. The van der Waals surface area contributed by atoms with E-state index >= 15 is 0 Å². The molecule has 0 radical (unpaired) electrons. The molecule has 0 bridgehead atoms. The van der Waals surface area contributed by atoms with E-state index in [-0.39, 0.29) is 22.4 Å². The molecule has 3 rings (SSSR count). The summed E-state index contributed by atoms with van der Waals surface area (Å²) in [4.78, 5) is 25.0. The van der Waals surface area contributed by atoms with Gasteiger partial charge < -0.3 is 4.90 Å². The van der Waals surface area contributed by atoms with Gasteiger partial charge in [-0.05, 0) is 35.4 Å². The van der Waals surface area contributed by atoms with E-state index in [0.717, 1.165) is 29.2 Å². The van der Waals surface area contributed by atoms with Crippen LogP contribution in [0.3, 0.4) is 0 Å². The highest BCUT2D eigenvalue weighted by Crippen LogP contribution is 2.41. The number of anilines is 1. The molecule has 1 atom stereocenters. The van der Waals surface area contributed by atoms with Crippen LogP contribution in [0, 0.1) is 0 Å². The van der Waals surface area contributed by atoms with Gasteiger partial charge in [0.05, 0.1) is 18.0 Å². The van der Waals surface area contributed by atoms with Crippen molar-refractivity contribution < 1.29 is 35.9 Å². The lowest BCUT2D eigenvalue weighted by atomic mass is 9.94. The number of alkyl halides is 6. The lowest BCUT2D eigenvalue weighted by Gasteiger charge is -2.22. The minimum Gasteiger partial charge on any atom is -0.304 e. The summed E-state index contributed by atoms with van der Waals surface area (Å²) in [6, 6.07) is 7.91. The highest BCUT2D eigenvalue weighted by atomic mass is 19.4. The number of amides is 2. The number of nitrogens with one attached hydrogen (secondary N) is 1. The number of hydrogen-bond donors (Lipinski definition) is 2. The van der Waals surface area contributed by atoms with Crippen molar-refractivity contribution >= 4 is 17.5 Å². The minimum atomic E-state index is -4.79. The third-order valence-electron chi connectivity index (χ3n) is 4.80. The molecule has 2 aromatic carbocycles. The van der Waals surface area contributed by atoms with Gasteiger partial charge in [-0.2, -0.15) is 26.3 Å². The lowest BCUT2D eigenvalue weighted by molar-refractivity contribution is -0.157. The maximum Gasteiger partial charge on any atom is 0.416 e. The number of carbonyl (C=O) groups excluding carboxylic acids is 2. The van der Waals surface area contributed by atoms with Crippen LogP contribution >= 0.6 is 0 Å². The number of rotatable bonds is 4. The van der Waals surface area contributed by atoms with Crippen molar-refractivity contribution in [1.29, 1.82) is 0 Å². The quantitative estimate of drug-likeness (QED) is 0.334. The number of halogens is 6. The predicted molar refractivity (Wildman–Crippen MR) is 94.1 cm³/mol. The van der Waals surface area contributed by atoms with E-state index in [1.54, 1.807) is 5.43 Å². The Bertz CT molecular complexity index is 987. The number of carbonyl (C=O) groups is 2. The molecule has 0 fully saturated rings. The molecule has 0 saturated heterocycles. The normalized spacial score (nSPS) is 15.2. The van der Waals surface area contributed by atoms with Crippen LogP contribution in [0.4, 0.5) is 32.0 Å². The molecule has 5 nitrogen and oxygen atoms in total. The Kier molecular flexibility index (Phi) is 5.50. The van der Waals surface area contributed by atoms with Crippen LogP contribution in [-0.4, -0.2) is 18.0 Å². The van der Waals surface area contributed by atoms with Gasteiger partial charge in [0.15, 0.2) is 0 Å². The SMILES string of the molecule is NNC(=O)CC(c1cccc(N2Cc3c(cccc3C(F)(F)F)C2=O)c1)C(F)(F)F. The van der Waals surface area contributed by atoms with Crippen LogP contribution in [0.1, 0.15) is 39.4 Å². The molecule has 2 amide bonds. The Balaban J connectivity index is 1.98. The predicted octanol–water partition coefficient (Wildman–Crippen LogP) is 3.89. The number of benzene rings is 2. The fraction of sp³-hybridized carbons (Fsp3) is 0.263. The summed E-state index contributed by atoms with van der Waals surface area (Å²) in [5.41, 5.74) is -0.0648. The molecule has 0 saturated carbocycles. The number of nitrogens with zero attached hydrogens (tertiary/aromatic N) is 1. The topological polar surface area (TPSA) is 75.4 Å². The van der Waals surface area contributed by atoms with Crippen LogP contribution in [-0.2, 0) is 17.5 Å². The van der Waals surface area contributed by atoms with Gasteiger partial charge in [-0.1, -0.05) is 18.2 Å². The first-order chi connectivity index (χ1) is 13.9. The van der Waals surface area contributed by atoms with E-state index in [1.807, 2.05) is 0 Å². The molecule has 11 heteroatoms. The van der Waals surface area contributed by atoms with Gasteiger partial charge in [0.2, 0.25) is 5.91 Å². The second kappa shape index (κ2) is 7.63. The van der Waals surface area contributed by atoms with Gasteiger partial charge in [0.25, 0.3) is 5.91 Å². The number of nitrogens with two attached hydrogens (primary N) is 1. The molecule has 1 aliphatic rings. The number of fused-ring (bicyclic) bond motifs is 1. The summed E-state index contributed by atoms with van der Waals surface area (Å²) in [5, 5.41) is 0. The summed E-state index contributed by atoms with van der Waals surface area (Å²) in [7, 11) is 0. The molecule has 1 unspecified atom stereocenters. The standard InChI is InChI=1S/C19H15F6N3O2/c20-18(21,22)14-6-2-5-12-13(14)9-28(17(12)30)11-4-1-3-10(7-11)15(19(23,24)25)8-16(29)27-26/h1-7,15H,8-9,26H2,(H,27,29). The largest absolute Gasteiger partial charge is 0.416 e. The minimum absolute atomic E-state index is 0.00997. The van der Waals surface area contributed by atoms with Gasteiger partial charge in [-0.15, -0.1) is 0 Å². The molecule has 160 valence electrons. The van der Waals surface area contributed by atoms with E-state index in [4.69, 9.17) is 5.84 Å². The molecule has 3 N–H and O–H groups in total. The van der Waals surface area contributed by atoms with Crippen molar-refractivity contribution in [3.8, 4) is 0 Å². The van der Waals surface area contributed by atoms with Gasteiger partial charge >= 0.3 is 12.4 Å². The van der Waals surface area contributed by atoms with Crippen molar-refractivity contribution in [1.82, 2.24) is 5.43 Å². The summed E-state index contributed by atoms with van der Waals surface area (Å²) in [6.07, 6.45) is -10.4. The van der Waals surface area contributed by atoms with Crippen molar-refractivity contribution in [2.45, 2.75) is 31.2 Å². The highest BCUT2D eigenvalue weighted by Gasteiger charge is 2.43. The molecular weight excluding hydrogens is 416 g/mol. The average Bonchev–Trinajstić information content (AvgIpc) is 3.01. The summed E-state index contributed by atoms with van der Waals surface area (Å²) >= 11 is 0. The fourth-order valence-corrected chi connectivity index (χ4v) is 3.38. The van der Waals surface area contributed by atoms with Crippen LogP contribution in [0.5, 0.6) is 0 Å². The van der Waals surface area contributed by atoms with Crippen molar-refractivity contribution in [3.05, 3.63) is 64.7 Å². The molecule has 0 aromatic heterocycles. The second-order valence-corrected chi connectivity index (χ2v) is 6.68. The van der Waals surface area contributed by atoms with E-state index in [1.165, 1.54) is 18.2 Å². The molecule has 30 heavy (non-hydrogen) atoms. The smallest absolute Gasteiger partial charge is 0.304 e. The van der Waals surface area contributed by atoms with Crippen molar-refractivity contribution in [2.24, 2.45) is 5.84 Å². The van der Waals surface area contributed by atoms with Gasteiger partial charge in [0.1, 0.15) is 0 Å². The van der Waals surface area contributed by atoms with E-state index in [9.17, 15) is 35.9 Å². The van der Waals surface area contributed by atoms with Crippen LogP contribution in [0.25, 0.3) is 0 Å². The van der Waals surface area contributed by atoms with Crippen LogP contribution in [0.2, 0.25) is 0 Å². The Morgan fingerprint density at radius 2 is 1.77 bits per heavy atom. The first-order valence-electron chi connectivity index (χ1n) is 8.60. The second-order valence-electron chi connectivity index (χ2n) is 6.68. The first kappa shape index (κ1) is 21.6. The Morgan fingerprint density at radius 1 is 1.10 bits per heavy atom. The zero-order valence-corrected chi connectivity index (χ0v) is 15.1. The summed E-state index contributed by atoms with van der Waals surface area (Å²) in [6.45, 7) is -0.437. The third kappa shape index (κ3) is 4.11. The van der Waals surface area contributed by atoms with Gasteiger partial charge in [-0.25, -0.2) is 5.84 Å². The monoisotopic (exact) mass is 431 g/mol. The number of hydrazine groups is 1. The lowest BCUT2D eigenvalue weighted by Crippen LogP contribution is -2.34. The van der Waals surface area contributed by atoms with Gasteiger partial charge in [0, 0.05) is 17.7 Å². The third-order valence-corrected chi connectivity index (χ3v) is 4.80. The molecule has 1 aliphatic heterocycles.